The van der Waals surface area contributed by atoms with Gasteiger partial charge < -0.3 is 10.6 Å². The van der Waals surface area contributed by atoms with Gasteiger partial charge in [-0.1, -0.05) is 25.5 Å². The molecule has 0 bridgehead atoms. The SMILES string of the molecule is CCCCS(=O)(=O)CC(N)c1ccc(N(C)C)cc1. The molecule has 0 fully saturated rings. The fraction of sp³-hybridized carbons (Fsp3) is 0.571. The molecule has 19 heavy (non-hydrogen) atoms. The van der Waals surface area contributed by atoms with Gasteiger partial charge in [0.25, 0.3) is 0 Å². The highest BCUT2D eigenvalue weighted by Crippen LogP contribution is 2.18. The molecular formula is C14H24N2O2S. The smallest absolute Gasteiger partial charge is 0.152 e. The maximum atomic E-state index is 11.9. The number of rotatable bonds is 7. The minimum atomic E-state index is -3.05. The van der Waals surface area contributed by atoms with Crippen LogP contribution >= 0.6 is 0 Å². The van der Waals surface area contributed by atoms with Crippen molar-refractivity contribution in [2.24, 2.45) is 5.73 Å². The summed E-state index contributed by atoms with van der Waals surface area (Å²) in [6.45, 7) is 1.98. The van der Waals surface area contributed by atoms with Crippen LogP contribution in [-0.4, -0.2) is 34.0 Å². The van der Waals surface area contributed by atoms with E-state index in [1.165, 1.54) is 0 Å². The molecule has 1 aromatic carbocycles. The molecule has 0 aliphatic rings. The fourth-order valence-corrected chi connectivity index (χ4v) is 3.47. The highest BCUT2D eigenvalue weighted by molar-refractivity contribution is 7.91. The van der Waals surface area contributed by atoms with E-state index in [4.69, 9.17) is 5.73 Å². The van der Waals surface area contributed by atoms with Crippen molar-refractivity contribution in [3.05, 3.63) is 29.8 Å². The summed E-state index contributed by atoms with van der Waals surface area (Å²) in [6, 6.07) is 7.25. The lowest BCUT2D eigenvalue weighted by Crippen LogP contribution is -2.23. The van der Waals surface area contributed by atoms with E-state index in [0.717, 1.165) is 17.7 Å². The van der Waals surface area contributed by atoms with Crippen LogP contribution in [0.1, 0.15) is 31.4 Å². The van der Waals surface area contributed by atoms with E-state index in [2.05, 4.69) is 0 Å². The molecule has 0 radical (unpaired) electrons. The molecule has 1 atom stereocenters. The number of anilines is 1. The van der Waals surface area contributed by atoms with Gasteiger partial charge in [-0.3, -0.25) is 0 Å². The van der Waals surface area contributed by atoms with Gasteiger partial charge in [0.05, 0.1) is 11.5 Å². The van der Waals surface area contributed by atoms with Gasteiger partial charge in [0.2, 0.25) is 0 Å². The molecule has 0 amide bonds. The molecule has 0 aliphatic heterocycles. The van der Waals surface area contributed by atoms with E-state index in [-0.39, 0.29) is 11.5 Å². The zero-order valence-electron chi connectivity index (χ0n) is 12.0. The molecule has 5 heteroatoms. The molecule has 1 unspecified atom stereocenters. The number of nitrogens with zero attached hydrogens (tertiary/aromatic N) is 1. The van der Waals surface area contributed by atoms with Crippen LogP contribution in [0.4, 0.5) is 5.69 Å². The van der Waals surface area contributed by atoms with Crippen LogP contribution in [0.25, 0.3) is 0 Å². The van der Waals surface area contributed by atoms with Crippen molar-refractivity contribution in [1.82, 2.24) is 0 Å². The molecule has 0 saturated carbocycles. The predicted octanol–water partition coefficient (Wildman–Crippen LogP) is 1.97. The summed E-state index contributed by atoms with van der Waals surface area (Å²) in [6.07, 6.45) is 1.58. The summed E-state index contributed by atoms with van der Waals surface area (Å²) in [7, 11) is 0.872. The lowest BCUT2D eigenvalue weighted by atomic mass is 10.1. The van der Waals surface area contributed by atoms with Crippen molar-refractivity contribution in [2.45, 2.75) is 25.8 Å². The minimum Gasteiger partial charge on any atom is -0.378 e. The van der Waals surface area contributed by atoms with Crippen molar-refractivity contribution >= 4 is 15.5 Å². The largest absolute Gasteiger partial charge is 0.378 e. The topological polar surface area (TPSA) is 63.4 Å². The van der Waals surface area contributed by atoms with E-state index in [1.807, 2.05) is 50.2 Å². The van der Waals surface area contributed by atoms with Crippen LogP contribution in [0.2, 0.25) is 0 Å². The van der Waals surface area contributed by atoms with Crippen LogP contribution in [0, 0.1) is 0 Å². The Morgan fingerprint density at radius 1 is 1.21 bits per heavy atom. The monoisotopic (exact) mass is 284 g/mol. The first-order valence-electron chi connectivity index (χ1n) is 6.59. The zero-order chi connectivity index (χ0) is 14.5. The molecule has 0 saturated heterocycles. The van der Waals surface area contributed by atoms with Gasteiger partial charge in [0.15, 0.2) is 9.84 Å². The van der Waals surface area contributed by atoms with Crippen LogP contribution in [0.5, 0.6) is 0 Å². The normalized spacial score (nSPS) is 13.3. The Hall–Kier alpha value is -1.07. The maximum Gasteiger partial charge on any atom is 0.152 e. The van der Waals surface area contributed by atoms with E-state index in [1.54, 1.807) is 0 Å². The fourth-order valence-electron chi connectivity index (χ4n) is 1.84. The Kier molecular flexibility index (Phi) is 5.82. The van der Waals surface area contributed by atoms with Crippen molar-refractivity contribution < 1.29 is 8.42 Å². The van der Waals surface area contributed by atoms with Crippen LogP contribution < -0.4 is 10.6 Å². The Morgan fingerprint density at radius 3 is 2.26 bits per heavy atom. The Labute approximate surface area is 116 Å². The van der Waals surface area contributed by atoms with Crippen molar-refractivity contribution in [3.63, 3.8) is 0 Å². The van der Waals surface area contributed by atoms with Crippen LogP contribution in [0.15, 0.2) is 24.3 Å². The molecule has 1 rings (SSSR count). The molecule has 4 nitrogen and oxygen atoms in total. The van der Waals surface area contributed by atoms with Gasteiger partial charge >= 0.3 is 0 Å². The Morgan fingerprint density at radius 2 is 1.79 bits per heavy atom. The summed E-state index contributed by atoms with van der Waals surface area (Å²) >= 11 is 0. The van der Waals surface area contributed by atoms with E-state index < -0.39 is 15.9 Å². The molecule has 108 valence electrons. The molecule has 2 N–H and O–H groups in total. The quantitative estimate of drug-likeness (QED) is 0.831. The van der Waals surface area contributed by atoms with Crippen LogP contribution in [0.3, 0.4) is 0 Å². The van der Waals surface area contributed by atoms with Gasteiger partial charge in [-0.2, -0.15) is 0 Å². The van der Waals surface area contributed by atoms with Crippen molar-refractivity contribution in [2.75, 3.05) is 30.5 Å². The summed E-state index contributed by atoms with van der Waals surface area (Å²) in [4.78, 5) is 1.99. The first-order valence-corrected chi connectivity index (χ1v) is 8.41. The Balaban J connectivity index is 2.70. The minimum absolute atomic E-state index is 0.0221. The Bertz CT molecular complexity index is 481. The second-order valence-electron chi connectivity index (χ2n) is 5.06. The lowest BCUT2D eigenvalue weighted by molar-refractivity contribution is 0.585. The number of unbranched alkanes of at least 4 members (excludes halogenated alkanes) is 1. The first-order chi connectivity index (χ1) is 8.85. The lowest BCUT2D eigenvalue weighted by Gasteiger charge is -2.16. The molecule has 0 heterocycles. The van der Waals surface area contributed by atoms with Gasteiger partial charge in [0.1, 0.15) is 0 Å². The van der Waals surface area contributed by atoms with E-state index in [9.17, 15) is 8.42 Å². The zero-order valence-corrected chi connectivity index (χ0v) is 12.8. The summed E-state index contributed by atoms with van der Waals surface area (Å²) in [5, 5.41) is 0. The second-order valence-corrected chi connectivity index (χ2v) is 7.29. The summed E-state index contributed by atoms with van der Waals surface area (Å²) in [5.74, 6) is 0.251. The number of sulfone groups is 1. The third-order valence-electron chi connectivity index (χ3n) is 3.08. The van der Waals surface area contributed by atoms with Crippen molar-refractivity contribution in [3.8, 4) is 0 Å². The average Bonchev–Trinajstić information content (AvgIpc) is 2.36. The van der Waals surface area contributed by atoms with Crippen molar-refractivity contribution in [1.29, 1.82) is 0 Å². The number of benzene rings is 1. The van der Waals surface area contributed by atoms with Gasteiger partial charge in [-0.15, -0.1) is 0 Å². The molecular weight excluding hydrogens is 260 g/mol. The van der Waals surface area contributed by atoms with Gasteiger partial charge in [-0.25, -0.2) is 8.42 Å². The maximum absolute atomic E-state index is 11.9. The molecule has 0 spiro atoms. The number of nitrogens with two attached hydrogens (primary N) is 1. The first kappa shape index (κ1) is 16.0. The van der Waals surface area contributed by atoms with E-state index >= 15 is 0 Å². The average molecular weight is 284 g/mol. The van der Waals surface area contributed by atoms with Gasteiger partial charge in [-0.05, 0) is 24.1 Å². The molecule has 0 aliphatic carbocycles. The highest BCUT2D eigenvalue weighted by atomic mass is 32.2. The molecule has 1 aromatic rings. The van der Waals surface area contributed by atoms with Crippen LogP contribution in [-0.2, 0) is 9.84 Å². The predicted molar refractivity (Wildman–Crippen MR) is 81.3 cm³/mol. The number of hydrogen-bond acceptors (Lipinski definition) is 4. The third-order valence-corrected chi connectivity index (χ3v) is 4.86. The third kappa shape index (κ3) is 5.20. The summed E-state index contributed by atoms with van der Waals surface area (Å²) < 4.78 is 23.7. The molecule has 0 aromatic heterocycles. The number of hydrogen-bond donors (Lipinski definition) is 1. The standard InChI is InChI=1S/C14H24N2O2S/c1-4-5-10-19(17,18)11-14(15)12-6-8-13(9-7-12)16(2)3/h6-9,14H,4-5,10-11,15H2,1-3H3. The summed E-state index contributed by atoms with van der Waals surface area (Å²) in [5.41, 5.74) is 7.93. The highest BCUT2D eigenvalue weighted by Gasteiger charge is 2.17. The van der Waals surface area contributed by atoms with E-state index in [0.29, 0.717) is 6.42 Å². The van der Waals surface area contributed by atoms with Gasteiger partial charge in [0, 0.05) is 25.8 Å². The second kappa shape index (κ2) is 6.91.